The average Bonchev–Trinajstić information content (AvgIpc) is 3.22. The first-order chi connectivity index (χ1) is 15.1. The first-order valence-electron chi connectivity index (χ1n) is 10.9. The Bertz CT molecular complexity index is 1020. The summed E-state index contributed by atoms with van der Waals surface area (Å²) in [5, 5.41) is 9.94. The second-order valence-electron chi connectivity index (χ2n) is 9.58. The van der Waals surface area contributed by atoms with Gasteiger partial charge in [-0.1, -0.05) is 50.0 Å². The largest absolute Gasteiger partial charge is 0.352 e. The first kappa shape index (κ1) is 23.3. The molecule has 1 aromatic heterocycles. The van der Waals surface area contributed by atoms with Crippen LogP contribution in [-0.2, 0) is 9.59 Å². The minimum absolute atomic E-state index is 0.0258. The third kappa shape index (κ3) is 5.21. The monoisotopic (exact) mass is 494 g/mol. The Labute approximate surface area is 202 Å². The van der Waals surface area contributed by atoms with E-state index in [1.54, 1.807) is 17.0 Å². The van der Waals surface area contributed by atoms with Crippen LogP contribution in [0, 0.1) is 5.41 Å². The quantitative estimate of drug-likeness (QED) is 0.577. The van der Waals surface area contributed by atoms with Gasteiger partial charge in [0.25, 0.3) is 0 Å². The van der Waals surface area contributed by atoms with E-state index in [-0.39, 0.29) is 23.3 Å². The van der Waals surface area contributed by atoms with E-state index in [0.717, 1.165) is 30.5 Å². The molecular weight excluding hydrogens is 467 g/mol. The van der Waals surface area contributed by atoms with Gasteiger partial charge < -0.3 is 15.5 Å². The zero-order chi connectivity index (χ0) is 23.0. The van der Waals surface area contributed by atoms with Crippen LogP contribution in [0.1, 0.15) is 46.5 Å². The molecule has 2 fully saturated rings. The van der Waals surface area contributed by atoms with Crippen molar-refractivity contribution in [3.8, 4) is 11.3 Å². The second kappa shape index (κ2) is 9.20. The molecule has 0 spiro atoms. The molecule has 1 aliphatic heterocycles. The number of likely N-dealkylation sites (tertiary alicyclic amines) is 1. The van der Waals surface area contributed by atoms with Crippen molar-refractivity contribution in [2.75, 3.05) is 11.9 Å². The fourth-order valence-corrected chi connectivity index (χ4v) is 4.94. The van der Waals surface area contributed by atoms with Crippen LogP contribution in [-0.4, -0.2) is 46.4 Å². The Morgan fingerprint density at radius 1 is 1.19 bits per heavy atom. The van der Waals surface area contributed by atoms with Crippen LogP contribution in [0.15, 0.2) is 23.6 Å². The summed E-state index contributed by atoms with van der Waals surface area (Å²) >= 11 is 13.6. The maximum Gasteiger partial charge on any atom is 0.246 e. The summed E-state index contributed by atoms with van der Waals surface area (Å²) in [6, 6.07) is 4.77. The predicted molar refractivity (Wildman–Crippen MR) is 130 cm³/mol. The van der Waals surface area contributed by atoms with E-state index in [9.17, 15) is 9.59 Å². The summed E-state index contributed by atoms with van der Waals surface area (Å²) in [6.07, 6.45) is 3.61. The van der Waals surface area contributed by atoms with Gasteiger partial charge in [0.05, 0.1) is 15.7 Å². The lowest BCUT2D eigenvalue weighted by Gasteiger charge is -2.35. The Kier molecular flexibility index (Phi) is 6.71. The molecule has 0 unspecified atom stereocenters. The van der Waals surface area contributed by atoms with E-state index < -0.39 is 12.1 Å². The van der Waals surface area contributed by atoms with Crippen LogP contribution in [0.2, 0.25) is 10.0 Å². The van der Waals surface area contributed by atoms with Crippen molar-refractivity contribution in [2.45, 2.75) is 64.6 Å². The zero-order valence-corrected chi connectivity index (χ0v) is 20.8. The lowest BCUT2D eigenvalue weighted by atomic mass is 9.85. The van der Waals surface area contributed by atoms with E-state index in [2.05, 4.69) is 15.6 Å². The van der Waals surface area contributed by atoms with Gasteiger partial charge in [-0.15, -0.1) is 11.3 Å². The molecule has 1 aromatic carbocycles. The SMILES string of the molecule is CC(C)(C)[C@H](Nc1nc(-c2ccc(Cl)c(Cl)c2)cs1)C(=O)N1CCC[C@H]1C(=O)NC1CC1. The number of carbonyl (C=O) groups excluding carboxylic acids is 2. The van der Waals surface area contributed by atoms with Crippen LogP contribution in [0.25, 0.3) is 11.3 Å². The van der Waals surface area contributed by atoms with Crippen LogP contribution in [0.4, 0.5) is 5.13 Å². The first-order valence-corrected chi connectivity index (χ1v) is 12.6. The van der Waals surface area contributed by atoms with E-state index in [1.807, 2.05) is 32.2 Å². The van der Waals surface area contributed by atoms with Gasteiger partial charge in [-0.05, 0) is 43.2 Å². The summed E-state index contributed by atoms with van der Waals surface area (Å²) in [6.45, 7) is 6.66. The normalized spacial score (nSPS) is 19.7. The van der Waals surface area contributed by atoms with Crippen molar-refractivity contribution in [1.29, 1.82) is 0 Å². The molecular formula is C23H28Cl2N4O2S. The van der Waals surface area contributed by atoms with Crippen LogP contribution in [0.5, 0.6) is 0 Å². The van der Waals surface area contributed by atoms with Crippen molar-refractivity contribution < 1.29 is 9.59 Å². The number of benzene rings is 1. The summed E-state index contributed by atoms with van der Waals surface area (Å²) < 4.78 is 0. The molecule has 1 saturated carbocycles. The van der Waals surface area contributed by atoms with Gasteiger partial charge >= 0.3 is 0 Å². The number of nitrogens with one attached hydrogen (secondary N) is 2. The number of thiazole rings is 1. The average molecular weight is 495 g/mol. The van der Waals surface area contributed by atoms with Crippen LogP contribution >= 0.6 is 34.5 Å². The number of hydrogen-bond donors (Lipinski definition) is 2. The molecule has 2 amide bonds. The highest BCUT2D eigenvalue weighted by atomic mass is 35.5. The molecule has 2 aliphatic rings. The topological polar surface area (TPSA) is 74.3 Å². The van der Waals surface area contributed by atoms with E-state index in [4.69, 9.17) is 23.2 Å². The molecule has 2 aromatic rings. The van der Waals surface area contributed by atoms with Gasteiger partial charge in [0.1, 0.15) is 12.1 Å². The molecule has 2 atom stereocenters. The van der Waals surface area contributed by atoms with Crippen molar-refractivity contribution in [3.63, 3.8) is 0 Å². The van der Waals surface area contributed by atoms with Gasteiger partial charge in [-0.2, -0.15) is 0 Å². The summed E-state index contributed by atoms with van der Waals surface area (Å²) in [7, 11) is 0. The van der Waals surface area contributed by atoms with E-state index in [1.165, 1.54) is 11.3 Å². The molecule has 4 rings (SSSR count). The molecule has 172 valence electrons. The molecule has 2 heterocycles. The Morgan fingerprint density at radius 3 is 2.59 bits per heavy atom. The number of carbonyl (C=O) groups is 2. The lowest BCUT2D eigenvalue weighted by molar-refractivity contribution is -0.140. The number of anilines is 1. The molecule has 32 heavy (non-hydrogen) atoms. The summed E-state index contributed by atoms with van der Waals surface area (Å²) in [5.41, 5.74) is 1.25. The standard InChI is InChI=1S/C23H28Cl2N4O2S/c1-23(2,3)19(21(31)29-10-4-5-18(29)20(30)26-14-7-8-14)28-22-27-17(12-32-22)13-6-9-15(24)16(25)11-13/h6,9,11-12,14,18-19H,4-5,7-8,10H2,1-3H3,(H,26,30)(H,27,28)/t18-,19+/m0/s1. The van der Waals surface area contributed by atoms with E-state index in [0.29, 0.717) is 28.1 Å². The third-order valence-corrected chi connectivity index (χ3v) is 7.38. The maximum atomic E-state index is 13.6. The fourth-order valence-electron chi connectivity index (χ4n) is 3.89. The Balaban J connectivity index is 1.51. The third-order valence-electron chi connectivity index (χ3n) is 5.86. The number of rotatable bonds is 6. The van der Waals surface area contributed by atoms with Gasteiger partial charge in [0.2, 0.25) is 11.8 Å². The van der Waals surface area contributed by atoms with Crippen molar-refractivity contribution >= 4 is 51.5 Å². The van der Waals surface area contributed by atoms with E-state index >= 15 is 0 Å². The second-order valence-corrected chi connectivity index (χ2v) is 11.3. The molecule has 6 nitrogen and oxygen atoms in total. The van der Waals surface area contributed by atoms with Crippen molar-refractivity contribution in [3.05, 3.63) is 33.6 Å². The van der Waals surface area contributed by atoms with Crippen LogP contribution in [0.3, 0.4) is 0 Å². The molecule has 1 saturated heterocycles. The lowest BCUT2D eigenvalue weighted by Crippen LogP contribution is -2.54. The van der Waals surface area contributed by atoms with Crippen molar-refractivity contribution in [1.82, 2.24) is 15.2 Å². The predicted octanol–water partition coefficient (Wildman–Crippen LogP) is 5.21. The maximum absolute atomic E-state index is 13.6. The Hall–Kier alpha value is -1.83. The molecule has 9 heteroatoms. The number of nitrogens with zero attached hydrogens (tertiary/aromatic N) is 2. The fraction of sp³-hybridized carbons (Fsp3) is 0.522. The zero-order valence-electron chi connectivity index (χ0n) is 18.5. The van der Waals surface area contributed by atoms with Gasteiger partial charge in [0, 0.05) is 23.5 Å². The summed E-state index contributed by atoms with van der Waals surface area (Å²) in [4.78, 5) is 32.7. The molecule has 0 bridgehead atoms. The number of aromatic nitrogens is 1. The minimum atomic E-state index is -0.510. The highest BCUT2D eigenvalue weighted by molar-refractivity contribution is 7.14. The highest BCUT2D eigenvalue weighted by Crippen LogP contribution is 2.33. The number of hydrogen-bond acceptors (Lipinski definition) is 5. The van der Waals surface area contributed by atoms with Gasteiger partial charge in [-0.25, -0.2) is 4.98 Å². The highest BCUT2D eigenvalue weighted by Gasteiger charge is 2.42. The van der Waals surface area contributed by atoms with Crippen LogP contribution < -0.4 is 10.6 Å². The molecule has 2 N–H and O–H groups in total. The molecule has 0 radical (unpaired) electrons. The summed E-state index contributed by atoms with van der Waals surface area (Å²) in [5.74, 6) is -0.0839. The Morgan fingerprint density at radius 2 is 1.94 bits per heavy atom. The molecule has 1 aliphatic carbocycles. The van der Waals surface area contributed by atoms with Crippen molar-refractivity contribution in [2.24, 2.45) is 5.41 Å². The number of amides is 2. The smallest absolute Gasteiger partial charge is 0.246 e. The van der Waals surface area contributed by atoms with Gasteiger partial charge in [-0.3, -0.25) is 9.59 Å². The van der Waals surface area contributed by atoms with Gasteiger partial charge in [0.15, 0.2) is 5.13 Å². The number of halogens is 2. The minimum Gasteiger partial charge on any atom is -0.352 e.